The Morgan fingerprint density at radius 2 is 1.76 bits per heavy atom. The van der Waals surface area contributed by atoms with E-state index in [-0.39, 0.29) is 5.41 Å². The molecule has 0 amide bonds. The lowest BCUT2D eigenvalue weighted by Crippen LogP contribution is -2.12. The first-order chi connectivity index (χ1) is 9.78. The van der Waals surface area contributed by atoms with E-state index in [2.05, 4.69) is 63.5 Å². The second-order valence-corrected chi connectivity index (χ2v) is 7.27. The second-order valence-electron chi connectivity index (χ2n) is 7.27. The lowest BCUT2D eigenvalue weighted by atomic mass is 9.90. The van der Waals surface area contributed by atoms with Crippen molar-refractivity contribution in [2.45, 2.75) is 53.5 Å². The average molecular weight is 285 g/mol. The summed E-state index contributed by atoms with van der Waals surface area (Å²) in [6.45, 7) is 11.8. The molecule has 0 aliphatic rings. The van der Waals surface area contributed by atoms with E-state index < -0.39 is 0 Å². The Bertz CT molecular complexity index is 589. The predicted molar refractivity (Wildman–Crippen MR) is 89.4 cm³/mol. The van der Waals surface area contributed by atoms with Gasteiger partial charge in [0.25, 0.3) is 0 Å². The molecule has 0 aliphatic heterocycles. The third-order valence-corrected chi connectivity index (χ3v) is 3.51. The minimum atomic E-state index is 0.189. The van der Waals surface area contributed by atoms with Gasteiger partial charge >= 0.3 is 0 Å². The molecular weight excluding hydrogens is 258 g/mol. The molecule has 2 rings (SSSR count). The number of rotatable bonds is 4. The van der Waals surface area contributed by atoms with Gasteiger partial charge in [-0.25, -0.2) is 4.98 Å². The number of anilines is 1. The highest BCUT2D eigenvalue weighted by Crippen LogP contribution is 2.28. The first-order valence-electron chi connectivity index (χ1n) is 7.66. The van der Waals surface area contributed by atoms with Gasteiger partial charge in [-0.1, -0.05) is 65.0 Å². The van der Waals surface area contributed by atoms with Crippen molar-refractivity contribution >= 4 is 5.82 Å². The first kappa shape index (κ1) is 15.6. The van der Waals surface area contributed by atoms with Gasteiger partial charge in [-0.05, 0) is 17.4 Å². The van der Waals surface area contributed by atoms with Gasteiger partial charge in [0.05, 0.1) is 12.2 Å². The molecule has 0 bridgehead atoms. The largest absolute Gasteiger partial charge is 0.384 e. The van der Waals surface area contributed by atoms with Crippen LogP contribution in [0.2, 0.25) is 0 Å². The third kappa shape index (κ3) is 3.87. The van der Waals surface area contributed by atoms with Gasteiger partial charge < -0.3 is 10.3 Å². The summed E-state index contributed by atoms with van der Waals surface area (Å²) in [5, 5.41) is 0. The zero-order valence-electron chi connectivity index (χ0n) is 13.9. The van der Waals surface area contributed by atoms with Gasteiger partial charge in [0.2, 0.25) is 0 Å². The molecule has 3 heteroatoms. The third-order valence-electron chi connectivity index (χ3n) is 3.51. The molecule has 21 heavy (non-hydrogen) atoms. The van der Waals surface area contributed by atoms with Crippen LogP contribution in [0.3, 0.4) is 0 Å². The van der Waals surface area contributed by atoms with Gasteiger partial charge in [0.15, 0.2) is 0 Å². The SMILES string of the molecule is CC(C)c1nc(CC(C)(C)C)c(N)n1Cc1ccccc1. The molecule has 2 aromatic rings. The molecule has 2 N–H and O–H groups in total. The number of nitrogens with two attached hydrogens (primary N) is 1. The van der Waals surface area contributed by atoms with Crippen LogP contribution in [0.4, 0.5) is 5.82 Å². The summed E-state index contributed by atoms with van der Waals surface area (Å²) in [7, 11) is 0. The topological polar surface area (TPSA) is 43.8 Å². The van der Waals surface area contributed by atoms with Crippen LogP contribution in [0.1, 0.15) is 57.6 Å². The van der Waals surface area contributed by atoms with Crippen LogP contribution < -0.4 is 5.73 Å². The van der Waals surface area contributed by atoms with Gasteiger partial charge in [-0.15, -0.1) is 0 Å². The Morgan fingerprint density at radius 1 is 1.14 bits per heavy atom. The maximum Gasteiger partial charge on any atom is 0.127 e. The molecule has 0 atom stereocenters. The fourth-order valence-corrected chi connectivity index (χ4v) is 2.54. The van der Waals surface area contributed by atoms with E-state index in [1.807, 2.05) is 6.07 Å². The van der Waals surface area contributed by atoms with E-state index in [0.717, 1.165) is 30.3 Å². The lowest BCUT2D eigenvalue weighted by Gasteiger charge is -2.17. The van der Waals surface area contributed by atoms with Crippen molar-refractivity contribution in [3.05, 3.63) is 47.4 Å². The second kappa shape index (κ2) is 5.92. The molecule has 114 valence electrons. The van der Waals surface area contributed by atoms with E-state index in [4.69, 9.17) is 10.7 Å². The molecule has 1 aromatic heterocycles. The molecule has 0 saturated heterocycles. The molecule has 0 spiro atoms. The number of hydrogen-bond donors (Lipinski definition) is 1. The number of nitrogens with zero attached hydrogens (tertiary/aromatic N) is 2. The molecule has 1 heterocycles. The molecular formula is C18H27N3. The van der Waals surface area contributed by atoms with Gasteiger partial charge in [0.1, 0.15) is 11.6 Å². The number of hydrogen-bond acceptors (Lipinski definition) is 2. The van der Waals surface area contributed by atoms with Crippen molar-refractivity contribution in [2.24, 2.45) is 5.41 Å². The summed E-state index contributed by atoms with van der Waals surface area (Å²) in [6.07, 6.45) is 0.903. The zero-order valence-corrected chi connectivity index (χ0v) is 13.9. The van der Waals surface area contributed by atoms with Crippen LogP contribution in [-0.2, 0) is 13.0 Å². The van der Waals surface area contributed by atoms with Crippen molar-refractivity contribution < 1.29 is 0 Å². The van der Waals surface area contributed by atoms with Gasteiger partial charge in [-0.2, -0.15) is 0 Å². The van der Waals surface area contributed by atoms with E-state index in [1.54, 1.807) is 0 Å². The highest BCUT2D eigenvalue weighted by atomic mass is 15.1. The van der Waals surface area contributed by atoms with E-state index in [1.165, 1.54) is 5.56 Å². The van der Waals surface area contributed by atoms with Crippen LogP contribution in [0, 0.1) is 5.41 Å². The van der Waals surface area contributed by atoms with Gasteiger partial charge in [0, 0.05) is 5.92 Å². The lowest BCUT2D eigenvalue weighted by molar-refractivity contribution is 0.407. The molecule has 0 fully saturated rings. The van der Waals surface area contributed by atoms with E-state index >= 15 is 0 Å². The van der Waals surface area contributed by atoms with Crippen molar-refractivity contribution in [3.63, 3.8) is 0 Å². The number of benzene rings is 1. The Morgan fingerprint density at radius 3 is 2.29 bits per heavy atom. The van der Waals surface area contributed by atoms with Gasteiger partial charge in [-0.3, -0.25) is 0 Å². The highest BCUT2D eigenvalue weighted by molar-refractivity contribution is 5.40. The Kier molecular flexibility index (Phi) is 4.40. The normalized spacial score (nSPS) is 12.1. The summed E-state index contributed by atoms with van der Waals surface area (Å²) in [5.74, 6) is 2.26. The highest BCUT2D eigenvalue weighted by Gasteiger charge is 2.21. The van der Waals surface area contributed by atoms with Crippen LogP contribution >= 0.6 is 0 Å². The molecule has 0 unspecified atom stereocenters. The Labute approximate surface area is 128 Å². The molecule has 3 nitrogen and oxygen atoms in total. The zero-order chi connectivity index (χ0) is 15.6. The van der Waals surface area contributed by atoms with Crippen molar-refractivity contribution in [3.8, 4) is 0 Å². The number of aromatic nitrogens is 2. The Hall–Kier alpha value is -1.77. The Balaban J connectivity index is 2.39. The predicted octanol–water partition coefficient (Wildman–Crippen LogP) is 4.23. The minimum Gasteiger partial charge on any atom is -0.384 e. The first-order valence-corrected chi connectivity index (χ1v) is 7.66. The van der Waals surface area contributed by atoms with Crippen LogP contribution in [0.5, 0.6) is 0 Å². The standard InChI is InChI=1S/C18H27N3/c1-13(2)17-20-15(11-18(3,4)5)16(19)21(17)12-14-9-7-6-8-10-14/h6-10,13H,11-12,19H2,1-5H3. The number of nitrogen functional groups attached to an aromatic ring is 1. The molecule has 0 aliphatic carbocycles. The maximum absolute atomic E-state index is 6.40. The monoisotopic (exact) mass is 285 g/mol. The fraction of sp³-hybridized carbons (Fsp3) is 0.500. The van der Waals surface area contributed by atoms with Crippen molar-refractivity contribution in [2.75, 3.05) is 5.73 Å². The smallest absolute Gasteiger partial charge is 0.127 e. The summed E-state index contributed by atoms with van der Waals surface area (Å²) in [4.78, 5) is 4.83. The summed E-state index contributed by atoms with van der Waals surface area (Å²) in [6, 6.07) is 10.4. The molecule has 0 radical (unpaired) electrons. The minimum absolute atomic E-state index is 0.189. The molecule has 0 saturated carbocycles. The van der Waals surface area contributed by atoms with Crippen molar-refractivity contribution in [1.82, 2.24) is 9.55 Å². The summed E-state index contributed by atoms with van der Waals surface area (Å²) < 4.78 is 2.17. The van der Waals surface area contributed by atoms with E-state index in [9.17, 15) is 0 Å². The summed E-state index contributed by atoms with van der Waals surface area (Å²) >= 11 is 0. The fourth-order valence-electron chi connectivity index (χ4n) is 2.54. The quantitative estimate of drug-likeness (QED) is 0.913. The molecule has 1 aromatic carbocycles. The van der Waals surface area contributed by atoms with Crippen LogP contribution in [-0.4, -0.2) is 9.55 Å². The number of imidazole rings is 1. The summed E-state index contributed by atoms with van der Waals surface area (Å²) in [5.41, 5.74) is 8.87. The maximum atomic E-state index is 6.40. The van der Waals surface area contributed by atoms with E-state index in [0.29, 0.717) is 5.92 Å². The average Bonchev–Trinajstić information content (AvgIpc) is 2.67. The van der Waals surface area contributed by atoms with Crippen LogP contribution in [0.25, 0.3) is 0 Å². The van der Waals surface area contributed by atoms with Crippen molar-refractivity contribution in [1.29, 1.82) is 0 Å². The van der Waals surface area contributed by atoms with Crippen LogP contribution in [0.15, 0.2) is 30.3 Å².